The predicted octanol–water partition coefficient (Wildman–Crippen LogP) is 3.04. The number of aromatic nitrogens is 1. The molecule has 3 nitrogen and oxygen atoms in total. The van der Waals surface area contributed by atoms with Gasteiger partial charge < -0.3 is 11.1 Å². The van der Waals surface area contributed by atoms with Crippen LogP contribution in [0.4, 0.5) is 11.5 Å². The van der Waals surface area contributed by atoms with Gasteiger partial charge in [0.05, 0.1) is 5.69 Å². The molecule has 0 aliphatic heterocycles. The van der Waals surface area contributed by atoms with Crippen LogP contribution in [0.1, 0.15) is 39.0 Å². The van der Waals surface area contributed by atoms with Gasteiger partial charge in [-0.2, -0.15) is 0 Å². The highest BCUT2D eigenvalue weighted by atomic mass is 15.0. The van der Waals surface area contributed by atoms with Gasteiger partial charge in [0.25, 0.3) is 0 Å². The standard InChI is InChI=1S/C13H21N3/c1-2-10-5-3-6-11(9-10)16-12-7-4-8-15-13(12)14/h4,7-8,10-11,16H,2-3,5-6,9H2,1H3,(H2,14,15). The van der Waals surface area contributed by atoms with E-state index in [1.165, 1.54) is 32.1 Å². The maximum absolute atomic E-state index is 5.83. The SMILES string of the molecule is CCC1CCCC(Nc2cccnc2N)C1. The van der Waals surface area contributed by atoms with Gasteiger partial charge >= 0.3 is 0 Å². The summed E-state index contributed by atoms with van der Waals surface area (Å²) < 4.78 is 0. The van der Waals surface area contributed by atoms with Crippen LogP contribution < -0.4 is 11.1 Å². The molecule has 0 spiro atoms. The van der Waals surface area contributed by atoms with Crippen LogP contribution in [0.5, 0.6) is 0 Å². The topological polar surface area (TPSA) is 50.9 Å². The summed E-state index contributed by atoms with van der Waals surface area (Å²) in [4.78, 5) is 4.10. The summed E-state index contributed by atoms with van der Waals surface area (Å²) in [6.45, 7) is 2.28. The van der Waals surface area contributed by atoms with E-state index in [0.29, 0.717) is 11.9 Å². The molecule has 0 saturated heterocycles. The first-order valence-electron chi connectivity index (χ1n) is 6.26. The first-order chi connectivity index (χ1) is 7.79. The average molecular weight is 219 g/mol. The quantitative estimate of drug-likeness (QED) is 0.821. The van der Waals surface area contributed by atoms with Crippen LogP contribution in [0.15, 0.2) is 18.3 Å². The number of hydrogen-bond acceptors (Lipinski definition) is 3. The second-order valence-corrected chi connectivity index (χ2v) is 4.72. The van der Waals surface area contributed by atoms with E-state index in [2.05, 4.69) is 17.2 Å². The fourth-order valence-electron chi connectivity index (χ4n) is 2.55. The van der Waals surface area contributed by atoms with Crippen LogP contribution in [0.25, 0.3) is 0 Å². The Morgan fingerprint density at radius 1 is 1.50 bits per heavy atom. The van der Waals surface area contributed by atoms with Crippen LogP contribution in [0, 0.1) is 5.92 Å². The molecule has 1 heterocycles. The minimum absolute atomic E-state index is 0.574. The van der Waals surface area contributed by atoms with E-state index in [-0.39, 0.29) is 0 Å². The first kappa shape index (κ1) is 11.2. The van der Waals surface area contributed by atoms with Crippen molar-refractivity contribution in [2.75, 3.05) is 11.1 Å². The van der Waals surface area contributed by atoms with Crippen molar-refractivity contribution in [2.24, 2.45) is 5.92 Å². The molecule has 0 aromatic carbocycles. The molecule has 1 aliphatic rings. The second-order valence-electron chi connectivity index (χ2n) is 4.72. The number of nitrogens with one attached hydrogen (secondary N) is 1. The lowest BCUT2D eigenvalue weighted by Gasteiger charge is -2.30. The van der Waals surface area contributed by atoms with Crippen molar-refractivity contribution in [1.82, 2.24) is 4.98 Å². The van der Waals surface area contributed by atoms with E-state index in [1.54, 1.807) is 6.20 Å². The lowest BCUT2D eigenvalue weighted by molar-refractivity contribution is 0.327. The molecule has 1 aromatic heterocycles. The normalized spacial score (nSPS) is 25.3. The summed E-state index contributed by atoms with van der Waals surface area (Å²) in [5.74, 6) is 1.49. The average Bonchev–Trinajstić information content (AvgIpc) is 2.32. The highest BCUT2D eigenvalue weighted by Crippen LogP contribution is 2.29. The third kappa shape index (κ3) is 2.65. The Balaban J connectivity index is 1.97. The van der Waals surface area contributed by atoms with Crippen LogP contribution in [-0.4, -0.2) is 11.0 Å². The lowest BCUT2D eigenvalue weighted by atomic mass is 9.84. The van der Waals surface area contributed by atoms with Crippen LogP contribution in [0.3, 0.4) is 0 Å². The zero-order valence-corrected chi connectivity index (χ0v) is 9.95. The van der Waals surface area contributed by atoms with Crippen molar-refractivity contribution in [3.05, 3.63) is 18.3 Å². The number of nitrogens with zero attached hydrogens (tertiary/aromatic N) is 1. The maximum atomic E-state index is 5.83. The molecule has 2 unspecified atom stereocenters. The molecule has 0 amide bonds. The van der Waals surface area contributed by atoms with Gasteiger partial charge in [-0.1, -0.05) is 26.2 Å². The molecule has 0 radical (unpaired) electrons. The van der Waals surface area contributed by atoms with E-state index >= 15 is 0 Å². The van der Waals surface area contributed by atoms with Crippen molar-refractivity contribution >= 4 is 11.5 Å². The summed E-state index contributed by atoms with van der Waals surface area (Å²) >= 11 is 0. The van der Waals surface area contributed by atoms with E-state index in [9.17, 15) is 0 Å². The highest BCUT2D eigenvalue weighted by Gasteiger charge is 2.20. The van der Waals surface area contributed by atoms with Gasteiger partial charge in [-0.05, 0) is 30.9 Å². The van der Waals surface area contributed by atoms with Crippen molar-refractivity contribution < 1.29 is 0 Å². The number of pyridine rings is 1. The molecule has 88 valence electrons. The highest BCUT2D eigenvalue weighted by molar-refractivity contribution is 5.61. The Morgan fingerprint density at radius 2 is 2.38 bits per heavy atom. The van der Waals surface area contributed by atoms with Crippen LogP contribution >= 0.6 is 0 Å². The predicted molar refractivity (Wildman–Crippen MR) is 68.3 cm³/mol. The molecule has 2 rings (SSSR count). The first-order valence-corrected chi connectivity index (χ1v) is 6.26. The molecule has 3 N–H and O–H groups in total. The number of nitrogens with two attached hydrogens (primary N) is 1. The summed E-state index contributed by atoms with van der Waals surface area (Å²) in [7, 11) is 0. The van der Waals surface area contributed by atoms with E-state index in [1.807, 2.05) is 12.1 Å². The molecule has 1 aromatic rings. The molecular weight excluding hydrogens is 198 g/mol. The number of anilines is 2. The van der Waals surface area contributed by atoms with E-state index < -0.39 is 0 Å². The maximum Gasteiger partial charge on any atom is 0.146 e. The summed E-state index contributed by atoms with van der Waals surface area (Å²) in [5, 5.41) is 3.53. The Morgan fingerprint density at radius 3 is 3.12 bits per heavy atom. The van der Waals surface area contributed by atoms with Gasteiger partial charge in [-0.15, -0.1) is 0 Å². The minimum Gasteiger partial charge on any atom is -0.382 e. The van der Waals surface area contributed by atoms with Gasteiger partial charge in [0.1, 0.15) is 5.82 Å². The fourth-order valence-corrected chi connectivity index (χ4v) is 2.55. The molecule has 3 heteroatoms. The number of hydrogen-bond donors (Lipinski definition) is 2. The Hall–Kier alpha value is -1.25. The third-order valence-electron chi connectivity index (χ3n) is 3.56. The van der Waals surface area contributed by atoms with Gasteiger partial charge in [-0.3, -0.25) is 0 Å². The Kier molecular flexibility index (Phi) is 3.65. The second kappa shape index (κ2) is 5.19. The molecule has 1 saturated carbocycles. The third-order valence-corrected chi connectivity index (χ3v) is 3.56. The van der Waals surface area contributed by atoms with Gasteiger partial charge in [0.2, 0.25) is 0 Å². The van der Waals surface area contributed by atoms with Gasteiger partial charge in [-0.25, -0.2) is 4.98 Å². The van der Waals surface area contributed by atoms with Gasteiger partial charge in [0, 0.05) is 12.2 Å². The Labute approximate surface area is 97.5 Å². The molecule has 2 atom stereocenters. The summed E-state index contributed by atoms with van der Waals surface area (Å²) in [6, 6.07) is 4.52. The van der Waals surface area contributed by atoms with Crippen LogP contribution in [-0.2, 0) is 0 Å². The van der Waals surface area contributed by atoms with Crippen molar-refractivity contribution in [2.45, 2.75) is 45.1 Å². The molecule has 1 fully saturated rings. The van der Waals surface area contributed by atoms with Crippen molar-refractivity contribution in [3.63, 3.8) is 0 Å². The van der Waals surface area contributed by atoms with Crippen molar-refractivity contribution in [3.8, 4) is 0 Å². The summed E-state index contributed by atoms with van der Waals surface area (Å²) in [6.07, 6.45) is 8.26. The van der Waals surface area contributed by atoms with E-state index in [4.69, 9.17) is 5.73 Å². The van der Waals surface area contributed by atoms with E-state index in [0.717, 1.165) is 11.6 Å². The largest absolute Gasteiger partial charge is 0.382 e. The molecule has 0 bridgehead atoms. The zero-order chi connectivity index (χ0) is 11.4. The number of rotatable bonds is 3. The Bertz CT molecular complexity index is 338. The zero-order valence-electron chi connectivity index (χ0n) is 9.95. The molecular formula is C13H21N3. The molecule has 16 heavy (non-hydrogen) atoms. The minimum atomic E-state index is 0.574. The van der Waals surface area contributed by atoms with Gasteiger partial charge in [0.15, 0.2) is 0 Å². The monoisotopic (exact) mass is 219 g/mol. The smallest absolute Gasteiger partial charge is 0.146 e. The molecule has 1 aliphatic carbocycles. The van der Waals surface area contributed by atoms with Crippen molar-refractivity contribution in [1.29, 1.82) is 0 Å². The van der Waals surface area contributed by atoms with Crippen LogP contribution in [0.2, 0.25) is 0 Å². The summed E-state index contributed by atoms with van der Waals surface area (Å²) in [5.41, 5.74) is 6.82. The fraction of sp³-hybridized carbons (Fsp3) is 0.615. The number of nitrogen functional groups attached to an aromatic ring is 1. The lowest BCUT2D eigenvalue weighted by Crippen LogP contribution is -2.27.